The monoisotopic (exact) mass is 394 g/mol. The molecule has 1 heterocycles. The Kier molecular flexibility index (Phi) is 5.71. The van der Waals surface area contributed by atoms with E-state index in [-0.39, 0.29) is 16.3 Å². The van der Waals surface area contributed by atoms with Crippen LogP contribution in [0.1, 0.15) is 6.42 Å². The molecule has 0 aromatic heterocycles. The molecule has 27 heavy (non-hydrogen) atoms. The second-order valence-electron chi connectivity index (χ2n) is 6.24. The molecule has 0 saturated carbocycles. The van der Waals surface area contributed by atoms with Crippen molar-refractivity contribution in [3.63, 3.8) is 0 Å². The van der Waals surface area contributed by atoms with Gasteiger partial charge in [0.2, 0.25) is 0 Å². The number of halogens is 1. The van der Waals surface area contributed by atoms with Gasteiger partial charge in [0.05, 0.1) is 29.1 Å². The highest BCUT2D eigenvalue weighted by Crippen LogP contribution is 2.31. The molecule has 0 bridgehead atoms. The molecule has 1 saturated heterocycles. The molecule has 0 atom stereocenters. The molecule has 9 heteroatoms. The van der Waals surface area contributed by atoms with Crippen LogP contribution in [0, 0.1) is 5.82 Å². The molecule has 0 unspecified atom stereocenters. The standard InChI is InChI=1S/C18H23FN4O3S/c1-26-18-14(19)4-2-5-16(18)22-27(24,25)13-6-7-17(15(20)12-13)23-10-3-8-21-9-11-23/h2,4-7,12,21-22H,3,8-11,20H2,1H3. The van der Waals surface area contributed by atoms with Crippen molar-refractivity contribution in [2.24, 2.45) is 0 Å². The predicted octanol–water partition coefficient (Wildman–Crippen LogP) is 2.02. The van der Waals surface area contributed by atoms with Crippen LogP contribution in [-0.2, 0) is 10.0 Å². The fourth-order valence-electron chi connectivity index (χ4n) is 3.07. The second-order valence-corrected chi connectivity index (χ2v) is 7.92. The third-order valence-electron chi connectivity index (χ3n) is 4.41. The highest BCUT2D eigenvalue weighted by Gasteiger charge is 2.20. The number of methoxy groups -OCH3 is 1. The quantitative estimate of drug-likeness (QED) is 0.672. The van der Waals surface area contributed by atoms with Crippen LogP contribution < -0.4 is 25.4 Å². The first-order chi connectivity index (χ1) is 12.9. The van der Waals surface area contributed by atoms with Crippen molar-refractivity contribution in [3.05, 3.63) is 42.2 Å². The fraction of sp³-hybridized carbons (Fsp3) is 0.333. The molecule has 0 aliphatic carbocycles. The van der Waals surface area contributed by atoms with Crippen LogP contribution in [-0.4, -0.2) is 41.7 Å². The van der Waals surface area contributed by atoms with E-state index in [2.05, 4.69) is 14.9 Å². The zero-order chi connectivity index (χ0) is 19.4. The Labute approximate surface area is 158 Å². The predicted molar refractivity (Wildman–Crippen MR) is 104 cm³/mol. The number of hydrogen-bond acceptors (Lipinski definition) is 6. The summed E-state index contributed by atoms with van der Waals surface area (Å²) in [4.78, 5) is 2.14. The van der Waals surface area contributed by atoms with E-state index in [0.717, 1.165) is 38.3 Å². The number of nitrogens with two attached hydrogens (primary N) is 1. The molecular formula is C18H23FN4O3S. The average Bonchev–Trinajstić information content (AvgIpc) is 2.91. The fourth-order valence-corrected chi connectivity index (χ4v) is 4.17. The first-order valence-corrected chi connectivity index (χ1v) is 10.1. The molecule has 0 radical (unpaired) electrons. The molecule has 4 N–H and O–H groups in total. The topological polar surface area (TPSA) is 96.7 Å². The lowest BCUT2D eigenvalue weighted by atomic mass is 10.2. The van der Waals surface area contributed by atoms with Crippen molar-refractivity contribution in [2.45, 2.75) is 11.3 Å². The molecule has 0 amide bonds. The van der Waals surface area contributed by atoms with Crippen molar-refractivity contribution in [1.29, 1.82) is 0 Å². The van der Waals surface area contributed by atoms with E-state index in [9.17, 15) is 12.8 Å². The van der Waals surface area contributed by atoms with Gasteiger partial charge < -0.3 is 20.7 Å². The smallest absolute Gasteiger partial charge is 0.262 e. The van der Waals surface area contributed by atoms with E-state index >= 15 is 0 Å². The van der Waals surface area contributed by atoms with E-state index < -0.39 is 15.8 Å². The molecule has 2 aromatic rings. The Morgan fingerprint density at radius 3 is 2.78 bits per heavy atom. The van der Waals surface area contributed by atoms with Gasteiger partial charge in [-0.3, -0.25) is 4.72 Å². The van der Waals surface area contributed by atoms with E-state index in [4.69, 9.17) is 10.5 Å². The summed E-state index contributed by atoms with van der Waals surface area (Å²) in [5.74, 6) is -0.815. The van der Waals surface area contributed by atoms with Crippen molar-refractivity contribution in [3.8, 4) is 5.75 Å². The van der Waals surface area contributed by atoms with Gasteiger partial charge in [0.25, 0.3) is 10.0 Å². The van der Waals surface area contributed by atoms with Crippen LogP contribution in [0.3, 0.4) is 0 Å². The van der Waals surface area contributed by atoms with Gasteiger partial charge in [0.1, 0.15) is 0 Å². The third-order valence-corrected chi connectivity index (χ3v) is 5.77. The zero-order valence-corrected chi connectivity index (χ0v) is 15.9. The number of benzene rings is 2. The number of anilines is 3. The summed E-state index contributed by atoms with van der Waals surface area (Å²) in [6, 6.07) is 8.65. The minimum atomic E-state index is -3.95. The van der Waals surface area contributed by atoms with Crippen LogP contribution in [0.15, 0.2) is 41.3 Å². The highest BCUT2D eigenvalue weighted by atomic mass is 32.2. The van der Waals surface area contributed by atoms with Crippen LogP contribution >= 0.6 is 0 Å². The van der Waals surface area contributed by atoms with E-state index in [1.165, 1.54) is 37.4 Å². The number of nitrogen functional groups attached to an aromatic ring is 1. The van der Waals surface area contributed by atoms with Gasteiger partial charge in [-0.05, 0) is 43.3 Å². The van der Waals surface area contributed by atoms with Gasteiger partial charge in [0.15, 0.2) is 11.6 Å². The van der Waals surface area contributed by atoms with Crippen LogP contribution in [0.25, 0.3) is 0 Å². The first-order valence-electron chi connectivity index (χ1n) is 8.63. The molecule has 7 nitrogen and oxygen atoms in total. The number of ether oxygens (including phenoxy) is 1. The number of nitrogens with zero attached hydrogens (tertiary/aromatic N) is 1. The van der Waals surface area contributed by atoms with Gasteiger partial charge in [-0.15, -0.1) is 0 Å². The zero-order valence-electron chi connectivity index (χ0n) is 15.0. The van der Waals surface area contributed by atoms with E-state index in [0.29, 0.717) is 5.69 Å². The molecule has 1 aliphatic heterocycles. The second kappa shape index (κ2) is 8.01. The molecule has 146 valence electrons. The van der Waals surface area contributed by atoms with Crippen molar-refractivity contribution < 1.29 is 17.5 Å². The van der Waals surface area contributed by atoms with Gasteiger partial charge in [-0.1, -0.05) is 6.07 Å². The lowest BCUT2D eigenvalue weighted by Gasteiger charge is -2.24. The maximum absolute atomic E-state index is 13.8. The average molecular weight is 394 g/mol. The van der Waals surface area contributed by atoms with Crippen molar-refractivity contribution in [1.82, 2.24) is 5.32 Å². The van der Waals surface area contributed by atoms with Crippen molar-refractivity contribution in [2.75, 3.05) is 48.6 Å². The van der Waals surface area contributed by atoms with Crippen LogP contribution in [0.4, 0.5) is 21.5 Å². The van der Waals surface area contributed by atoms with Gasteiger partial charge >= 0.3 is 0 Å². The lowest BCUT2D eigenvalue weighted by Crippen LogP contribution is -2.28. The number of hydrogen-bond donors (Lipinski definition) is 3. The van der Waals surface area contributed by atoms with Crippen LogP contribution in [0.2, 0.25) is 0 Å². The Balaban J connectivity index is 1.87. The maximum Gasteiger partial charge on any atom is 0.262 e. The number of sulfonamides is 1. The summed E-state index contributed by atoms with van der Waals surface area (Å²) in [5, 5.41) is 3.31. The highest BCUT2D eigenvalue weighted by molar-refractivity contribution is 7.92. The molecule has 1 aliphatic rings. The van der Waals surface area contributed by atoms with Gasteiger partial charge in [0, 0.05) is 19.6 Å². The lowest BCUT2D eigenvalue weighted by molar-refractivity contribution is 0.389. The number of para-hydroxylation sites is 1. The molecule has 2 aromatic carbocycles. The Bertz CT molecular complexity index is 913. The molecule has 3 rings (SSSR count). The first kappa shape index (κ1) is 19.2. The normalized spacial score (nSPS) is 15.3. The summed E-state index contributed by atoms with van der Waals surface area (Å²) in [6.07, 6.45) is 0.987. The van der Waals surface area contributed by atoms with Gasteiger partial charge in [-0.2, -0.15) is 0 Å². The summed E-state index contributed by atoms with van der Waals surface area (Å²) >= 11 is 0. The summed E-state index contributed by atoms with van der Waals surface area (Å²) in [7, 11) is -2.67. The molecule has 1 fully saturated rings. The Morgan fingerprint density at radius 2 is 2.04 bits per heavy atom. The van der Waals surface area contributed by atoms with E-state index in [1.54, 1.807) is 6.07 Å². The largest absolute Gasteiger partial charge is 0.492 e. The molecular weight excluding hydrogens is 371 g/mol. The minimum Gasteiger partial charge on any atom is -0.492 e. The van der Waals surface area contributed by atoms with Crippen molar-refractivity contribution >= 4 is 27.1 Å². The number of rotatable bonds is 5. The third kappa shape index (κ3) is 4.25. The minimum absolute atomic E-state index is 0.00279. The summed E-state index contributed by atoms with van der Waals surface area (Å²) < 4.78 is 46.5. The number of nitrogens with one attached hydrogen (secondary N) is 2. The maximum atomic E-state index is 13.8. The summed E-state index contributed by atoms with van der Waals surface area (Å²) in [6.45, 7) is 3.44. The molecule has 0 spiro atoms. The van der Waals surface area contributed by atoms with E-state index in [1.807, 2.05) is 0 Å². The Morgan fingerprint density at radius 1 is 1.22 bits per heavy atom. The van der Waals surface area contributed by atoms with Crippen LogP contribution in [0.5, 0.6) is 5.75 Å². The van der Waals surface area contributed by atoms with Gasteiger partial charge in [-0.25, -0.2) is 12.8 Å². The Hall–Kier alpha value is -2.52. The summed E-state index contributed by atoms with van der Waals surface area (Å²) in [5.41, 5.74) is 7.35. The SMILES string of the molecule is COc1c(F)cccc1NS(=O)(=O)c1ccc(N2CCCNCC2)c(N)c1.